The van der Waals surface area contributed by atoms with E-state index in [4.69, 9.17) is 4.74 Å². The lowest BCUT2D eigenvalue weighted by Crippen LogP contribution is -2.46. The van der Waals surface area contributed by atoms with E-state index in [0.29, 0.717) is 24.2 Å². The Labute approximate surface area is 124 Å². The van der Waals surface area contributed by atoms with E-state index in [2.05, 4.69) is 33.8 Å². The number of carbonyl (C=O) groups is 1. The number of carbonyl (C=O) groups excluding carboxylic acids is 1. The molecule has 1 unspecified atom stereocenters. The molecule has 114 valence electrons. The minimum atomic E-state index is -0.338. The average molecular weight is 278 g/mol. The molecule has 2 heteroatoms. The highest BCUT2D eigenvalue weighted by Crippen LogP contribution is 2.49. The van der Waals surface area contributed by atoms with Crippen LogP contribution in [0.2, 0.25) is 0 Å². The molecule has 0 spiro atoms. The largest absolute Gasteiger partial charge is 0.459 e. The molecule has 0 amide bonds. The predicted octanol–water partition coefficient (Wildman–Crippen LogP) is 4.74. The molecule has 0 aromatic rings. The Bertz CT molecular complexity index is 394. The molecule has 0 heterocycles. The quantitative estimate of drug-likeness (QED) is 0.550. The van der Waals surface area contributed by atoms with Gasteiger partial charge in [0, 0.05) is 12.3 Å². The van der Waals surface area contributed by atoms with Gasteiger partial charge in [0.1, 0.15) is 5.60 Å². The maximum Gasteiger partial charge on any atom is 0.306 e. The van der Waals surface area contributed by atoms with Crippen LogP contribution in [0.15, 0.2) is 11.6 Å². The van der Waals surface area contributed by atoms with Crippen LogP contribution in [0.1, 0.15) is 66.7 Å². The number of esters is 1. The number of allylic oxidation sites excluding steroid dienone is 2. The van der Waals surface area contributed by atoms with Crippen LogP contribution in [-0.2, 0) is 9.53 Å². The van der Waals surface area contributed by atoms with E-state index in [9.17, 15) is 4.79 Å². The third kappa shape index (κ3) is 2.94. The normalized spacial score (nSPS) is 34.1. The summed E-state index contributed by atoms with van der Waals surface area (Å²) < 4.78 is 5.75. The maximum atomic E-state index is 11.7. The highest BCUT2D eigenvalue weighted by Gasteiger charge is 2.45. The molecule has 0 radical (unpaired) electrons. The summed E-state index contributed by atoms with van der Waals surface area (Å²) in [5.74, 6) is 2.47. The van der Waals surface area contributed by atoms with E-state index in [0.717, 1.165) is 12.3 Å². The molecule has 1 saturated carbocycles. The second kappa shape index (κ2) is 5.91. The second-order valence-corrected chi connectivity index (χ2v) is 7.29. The third-order valence-electron chi connectivity index (χ3n) is 5.57. The van der Waals surface area contributed by atoms with Crippen LogP contribution in [-0.4, -0.2) is 11.6 Å². The first-order valence-corrected chi connectivity index (χ1v) is 8.27. The Balaban J connectivity index is 2.16. The second-order valence-electron chi connectivity index (χ2n) is 7.29. The van der Waals surface area contributed by atoms with Gasteiger partial charge in [0.15, 0.2) is 0 Å². The van der Waals surface area contributed by atoms with E-state index in [-0.39, 0.29) is 11.6 Å². The van der Waals surface area contributed by atoms with E-state index in [1.54, 1.807) is 5.57 Å². The average Bonchev–Trinajstić information content (AvgIpc) is 2.38. The molecule has 0 aliphatic heterocycles. The lowest BCUT2D eigenvalue weighted by atomic mass is 9.59. The molecular weight excluding hydrogens is 248 g/mol. The molecule has 0 bridgehead atoms. The molecule has 20 heavy (non-hydrogen) atoms. The van der Waals surface area contributed by atoms with Crippen molar-refractivity contribution in [3.63, 3.8) is 0 Å². The number of fused-ring (bicyclic) bond motifs is 1. The Morgan fingerprint density at radius 1 is 1.35 bits per heavy atom. The van der Waals surface area contributed by atoms with Crippen LogP contribution in [0, 0.1) is 23.7 Å². The van der Waals surface area contributed by atoms with E-state index >= 15 is 0 Å². The van der Waals surface area contributed by atoms with Crippen LogP contribution in [0.25, 0.3) is 0 Å². The lowest BCUT2D eigenvalue weighted by Gasteiger charge is -2.48. The molecule has 2 aliphatic rings. The Kier molecular flexibility index (Phi) is 4.61. The first kappa shape index (κ1) is 15.6. The van der Waals surface area contributed by atoms with Crippen molar-refractivity contribution < 1.29 is 9.53 Å². The molecule has 0 saturated heterocycles. The van der Waals surface area contributed by atoms with Crippen molar-refractivity contribution in [2.45, 2.75) is 72.3 Å². The fourth-order valence-corrected chi connectivity index (χ4v) is 4.59. The standard InChI is InChI=1S/C18H30O2/c1-6-16(19)20-18(4,5)15-11-10-14-9-7-8-12(2)17(14)13(15)3/h9,12-13,15,17H,6-8,10-11H2,1-5H3/t12-,13+,15-,17?/m1/s1. The van der Waals surface area contributed by atoms with Crippen molar-refractivity contribution >= 4 is 5.97 Å². The van der Waals surface area contributed by atoms with Crippen molar-refractivity contribution in [2.75, 3.05) is 0 Å². The van der Waals surface area contributed by atoms with E-state index in [1.807, 2.05) is 6.92 Å². The zero-order chi connectivity index (χ0) is 14.9. The van der Waals surface area contributed by atoms with Crippen molar-refractivity contribution in [1.29, 1.82) is 0 Å². The van der Waals surface area contributed by atoms with Gasteiger partial charge in [-0.25, -0.2) is 0 Å². The summed E-state index contributed by atoms with van der Waals surface area (Å²) >= 11 is 0. The van der Waals surface area contributed by atoms with Gasteiger partial charge in [-0.15, -0.1) is 0 Å². The monoisotopic (exact) mass is 278 g/mol. The molecule has 2 aliphatic carbocycles. The maximum absolute atomic E-state index is 11.7. The summed E-state index contributed by atoms with van der Waals surface area (Å²) in [4.78, 5) is 11.7. The molecule has 2 rings (SSSR count). The van der Waals surface area contributed by atoms with Crippen molar-refractivity contribution in [3.8, 4) is 0 Å². The predicted molar refractivity (Wildman–Crippen MR) is 82.3 cm³/mol. The summed E-state index contributed by atoms with van der Waals surface area (Å²) in [7, 11) is 0. The fourth-order valence-electron chi connectivity index (χ4n) is 4.59. The molecule has 2 nitrogen and oxygen atoms in total. The molecular formula is C18H30O2. The van der Waals surface area contributed by atoms with Crippen molar-refractivity contribution in [2.24, 2.45) is 23.7 Å². The van der Waals surface area contributed by atoms with E-state index < -0.39 is 0 Å². The van der Waals surface area contributed by atoms with Crippen LogP contribution in [0.3, 0.4) is 0 Å². The van der Waals surface area contributed by atoms with Gasteiger partial charge >= 0.3 is 5.97 Å². The van der Waals surface area contributed by atoms with Crippen LogP contribution in [0.5, 0.6) is 0 Å². The highest BCUT2D eigenvalue weighted by molar-refractivity contribution is 5.69. The summed E-state index contributed by atoms with van der Waals surface area (Å²) in [6, 6.07) is 0. The summed E-state index contributed by atoms with van der Waals surface area (Å²) in [6.07, 6.45) is 7.84. The van der Waals surface area contributed by atoms with E-state index in [1.165, 1.54) is 19.3 Å². The van der Waals surface area contributed by atoms with Gasteiger partial charge in [-0.05, 0) is 57.3 Å². The third-order valence-corrected chi connectivity index (χ3v) is 5.57. The SMILES string of the molecule is CCC(=O)OC(C)(C)[C@@H]1CCC2=CCC[C@@H](C)C2[C@H]1C. The van der Waals surface area contributed by atoms with Gasteiger partial charge in [-0.3, -0.25) is 4.79 Å². The number of ether oxygens (including phenoxy) is 1. The van der Waals surface area contributed by atoms with Gasteiger partial charge < -0.3 is 4.74 Å². The molecule has 0 aromatic carbocycles. The summed E-state index contributed by atoms with van der Waals surface area (Å²) in [5, 5.41) is 0. The van der Waals surface area contributed by atoms with Gasteiger partial charge in [0.05, 0.1) is 0 Å². The smallest absolute Gasteiger partial charge is 0.306 e. The molecule has 4 atom stereocenters. The zero-order valence-corrected chi connectivity index (χ0v) is 13.7. The number of hydrogen-bond acceptors (Lipinski definition) is 2. The van der Waals surface area contributed by atoms with Gasteiger partial charge in [-0.2, -0.15) is 0 Å². The highest BCUT2D eigenvalue weighted by atomic mass is 16.6. The Hall–Kier alpha value is -0.790. The first-order chi connectivity index (χ1) is 9.36. The van der Waals surface area contributed by atoms with Gasteiger partial charge in [-0.1, -0.05) is 32.4 Å². The molecule has 1 fully saturated rings. The number of rotatable bonds is 3. The topological polar surface area (TPSA) is 26.3 Å². The molecule has 0 N–H and O–H groups in total. The Morgan fingerprint density at radius 3 is 2.70 bits per heavy atom. The van der Waals surface area contributed by atoms with Crippen LogP contribution < -0.4 is 0 Å². The fraction of sp³-hybridized carbons (Fsp3) is 0.833. The summed E-state index contributed by atoms with van der Waals surface area (Å²) in [6.45, 7) is 10.8. The Morgan fingerprint density at radius 2 is 2.05 bits per heavy atom. The van der Waals surface area contributed by atoms with Crippen LogP contribution >= 0.6 is 0 Å². The van der Waals surface area contributed by atoms with Crippen molar-refractivity contribution in [1.82, 2.24) is 0 Å². The summed E-state index contributed by atoms with van der Waals surface area (Å²) in [5.41, 5.74) is 1.33. The van der Waals surface area contributed by atoms with Crippen molar-refractivity contribution in [3.05, 3.63) is 11.6 Å². The zero-order valence-electron chi connectivity index (χ0n) is 13.7. The molecule has 0 aromatic heterocycles. The minimum absolute atomic E-state index is 0.0692. The first-order valence-electron chi connectivity index (χ1n) is 8.27. The van der Waals surface area contributed by atoms with Gasteiger partial charge in [0.2, 0.25) is 0 Å². The minimum Gasteiger partial charge on any atom is -0.459 e. The number of hydrogen-bond donors (Lipinski definition) is 0. The van der Waals surface area contributed by atoms with Crippen LogP contribution in [0.4, 0.5) is 0 Å². The van der Waals surface area contributed by atoms with Gasteiger partial charge in [0.25, 0.3) is 0 Å². The lowest BCUT2D eigenvalue weighted by molar-refractivity contribution is -0.165.